The maximum atomic E-state index is 12.0. The van der Waals surface area contributed by atoms with E-state index in [0.29, 0.717) is 12.5 Å². The van der Waals surface area contributed by atoms with Gasteiger partial charge in [0.15, 0.2) is 0 Å². The smallest absolute Gasteiger partial charge is 0.315 e. The maximum absolute atomic E-state index is 12.0. The summed E-state index contributed by atoms with van der Waals surface area (Å²) in [5.74, 6) is 0.926. The Morgan fingerprint density at radius 2 is 2.00 bits per heavy atom. The number of benzene rings is 1. The minimum Gasteiger partial charge on any atom is -0.335 e. The summed E-state index contributed by atoms with van der Waals surface area (Å²) in [7, 11) is 0. The van der Waals surface area contributed by atoms with Crippen LogP contribution in [0.5, 0.6) is 0 Å². The molecule has 0 aliphatic heterocycles. The van der Waals surface area contributed by atoms with Gasteiger partial charge in [-0.25, -0.2) is 4.79 Å². The minimum absolute atomic E-state index is 0.109. The van der Waals surface area contributed by atoms with Gasteiger partial charge in [-0.2, -0.15) is 0 Å². The first-order chi connectivity index (χ1) is 11.1. The van der Waals surface area contributed by atoms with Crippen LogP contribution < -0.4 is 16.0 Å². The zero-order valence-electron chi connectivity index (χ0n) is 13.6. The number of rotatable bonds is 6. The SMILES string of the molecule is CC(NC(=O)NCc1cccc(NC(=O)C2CCC2)c1)C1CC1. The molecule has 3 amide bonds. The standard InChI is InChI=1S/C18H25N3O2/c1-12(14-8-9-14)20-18(23)19-11-13-4-2-7-16(10-13)21-17(22)15-5-3-6-15/h2,4,7,10,12,14-15H,3,5-6,8-9,11H2,1H3,(H,21,22)(H2,19,20,23). The van der Waals surface area contributed by atoms with Crippen molar-refractivity contribution in [1.29, 1.82) is 0 Å². The maximum Gasteiger partial charge on any atom is 0.315 e. The molecule has 2 saturated carbocycles. The number of carbonyl (C=O) groups excluding carboxylic acids is 2. The van der Waals surface area contributed by atoms with Crippen LogP contribution in [0.15, 0.2) is 24.3 Å². The third kappa shape index (κ3) is 4.47. The fraction of sp³-hybridized carbons (Fsp3) is 0.556. The van der Waals surface area contributed by atoms with Gasteiger partial charge in [-0.15, -0.1) is 0 Å². The van der Waals surface area contributed by atoms with Crippen LogP contribution >= 0.6 is 0 Å². The van der Waals surface area contributed by atoms with E-state index >= 15 is 0 Å². The third-order valence-electron chi connectivity index (χ3n) is 4.81. The van der Waals surface area contributed by atoms with Crippen molar-refractivity contribution in [2.24, 2.45) is 11.8 Å². The van der Waals surface area contributed by atoms with Crippen LogP contribution in [0.3, 0.4) is 0 Å². The molecule has 0 heterocycles. The Morgan fingerprint density at radius 3 is 2.65 bits per heavy atom. The van der Waals surface area contributed by atoms with Crippen LogP contribution in [0, 0.1) is 11.8 Å². The average Bonchev–Trinajstić information content (AvgIpc) is 3.28. The summed E-state index contributed by atoms with van der Waals surface area (Å²) in [6, 6.07) is 7.76. The van der Waals surface area contributed by atoms with Crippen LogP contribution in [0.1, 0.15) is 44.6 Å². The molecule has 124 valence electrons. The van der Waals surface area contributed by atoms with Crippen molar-refractivity contribution >= 4 is 17.6 Å². The second-order valence-electron chi connectivity index (χ2n) is 6.77. The summed E-state index contributed by atoms with van der Waals surface area (Å²) < 4.78 is 0. The van der Waals surface area contributed by atoms with Crippen molar-refractivity contribution in [2.75, 3.05) is 5.32 Å². The number of hydrogen-bond acceptors (Lipinski definition) is 2. The highest BCUT2D eigenvalue weighted by molar-refractivity contribution is 5.93. The van der Waals surface area contributed by atoms with Gasteiger partial charge in [-0.05, 0) is 56.2 Å². The number of nitrogens with one attached hydrogen (secondary N) is 3. The first kappa shape index (κ1) is 15.8. The lowest BCUT2D eigenvalue weighted by molar-refractivity contribution is -0.122. The first-order valence-electron chi connectivity index (χ1n) is 8.56. The van der Waals surface area contributed by atoms with Gasteiger partial charge >= 0.3 is 6.03 Å². The second kappa shape index (κ2) is 7.02. The lowest BCUT2D eigenvalue weighted by atomic mass is 9.85. The van der Waals surface area contributed by atoms with E-state index in [1.54, 1.807) is 0 Å². The van der Waals surface area contributed by atoms with E-state index < -0.39 is 0 Å². The number of amides is 3. The average molecular weight is 315 g/mol. The Kier molecular flexibility index (Phi) is 4.84. The van der Waals surface area contributed by atoms with Crippen LogP contribution in [0.2, 0.25) is 0 Å². The van der Waals surface area contributed by atoms with Crippen LogP contribution in [0.25, 0.3) is 0 Å². The van der Waals surface area contributed by atoms with E-state index in [1.165, 1.54) is 12.8 Å². The topological polar surface area (TPSA) is 70.2 Å². The van der Waals surface area contributed by atoms with E-state index in [-0.39, 0.29) is 23.9 Å². The largest absolute Gasteiger partial charge is 0.335 e. The molecule has 0 saturated heterocycles. The van der Waals surface area contributed by atoms with E-state index in [4.69, 9.17) is 0 Å². The second-order valence-corrected chi connectivity index (χ2v) is 6.77. The summed E-state index contributed by atoms with van der Waals surface area (Å²) in [6.07, 6.45) is 5.56. The third-order valence-corrected chi connectivity index (χ3v) is 4.81. The molecule has 3 N–H and O–H groups in total. The summed E-state index contributed by atoms with van der Waals surface area (Å²) in [6.45, 7) is 2.50. The summed E-state index contributed by atoms with van der Waals surface area (Å²) >= 11 is 0. The molecule has 5 nitrogen and oxygen atoms in total. The van der Waals surface area contributed by atoms with E-state index in [1.807, 2.05) is 31.2 Å². The quantitative estimate of drug-likeness (QED) is 0.755. The Labute approximate surface area is 137 Å². The van der Waals surface area contributed by atoms with Gasteiger partial charge in [0, 0.05) is 24.2 Å². The molecule has 3 rings (SSSR count). The molecule has 0 bridgehead atoms. The fourth-order valence-electron chi connectivity index (χ4n) is 2.83. The van der Waals surface area contributed by atoms with E-state index in [9.17, 15) is 9.59 Å². The Morgan fingerprint density at radius 1 is 1.22 bits per heavy atom. The monoisotopic (exact) mass is 315 g/mol. The van der Waals surface area contributed by atoms with Crippen LogP contribution in [0.4, 0.5) is 10.5 Å². The Balaban J connectivity index is 1.46. The minimum atomic E-state index is -0.131. The zero-order chi connectivity index (χ0) is 16.2. The van der Waals surface area contributed by atoms with E-state index in [0.717, 1.165) is 30.5 Å². The lowest BCUT2D eigenvalue weighted by Gasteiger charge is -2.24. The first-order valence-corrected chi connectivity index (χ1v) is 8.56. The number of carbonyl (C=O) groups is 2. The number of hydrogen-bond donors (Lipinski definition) is 3. The number of urea groups is 1. The lowest BCUT2D eigenvalue weighted by Crippen LogP contribution is -2.41. The van der Waals surface area contributed by atoms with Crippen LogP contribution in [-0.4, -0.2) is 18.0 Å². The molecule has 2 aliphatic rings. The predicted molar refractivity (Wildman–Crippen MR) is 90.0 cm³/mol. The highest BCUT2D eigenvalue weighted by Gasteiger charge is 2.28. The summed E-state index contributed by atoms with van der Waals surface area (Å²) in [4.78, 5) is 23.8. The van der Waals surface area contributed by atoms with Gasteiger partial charge in [0.2, 0.25) is 5.91 Å². The molecule has 0 aromatic heterocycles. The molecule has 2 fully saturated rings. The van der Waals surface area contributed by atoms with Crippen molar-refractivity contribution < 1.29 is 9.59 Å². The molecule has 1 atom stereocenters. The van der Waals surface area contributed by atoms with Crippen molar-refractivity contribution in [1.82, 2.24) is 10.6 Å². The van der Waals surface area contributed by atoms with Crippen molar-refractivity contribution in [3.63, 3.8) is 0 Å². The van der Waals surface area contributed by atoms with Crippen LogP contribution in [-0.2, 0) is 11.3 Å². The number of anilines is 1. The van der Waals surface area contributed by atoms with Gasteiger partial charge in [-0.1, -0.05) is 18.6 Å². The zero-order valence-corrected chi connectivity index (χ0v) is 13.6. The fourth-order valence-corrected chi connectivity index (χ4v) is 2.83. The van der Waals surface area contributed by atoms with Crippen molar-refractivity contribution in [2.45, 2.75) is 51.6 Å². The van der Waals surface area contributed by atoms with Crippen molar-refractivity contribution in [3.05, 3.63) is 29.8 Å². The highest BCUT2D eigenvalue weighted by atomic mass is 16.2. The molecule has 0 radical (unpaired) electrons. The molecule has 0 spiro atoms. The normalized spacial score (nSPS) is 18.7. The molecule has 1 aromatic rings. The highest BCUT2D eigenvalue weighted by Crippen LogP contribution is 2.32. The molecule has 1 unspecified atom stereocenters. The molecular formula is C18H25N3O2. The van der Waals surface area contributed by atoms with Gasteiger partial charge < -0.3 is 16.0 Å². The summed E-state index contributed by atoms with van der Waals surface area (Å²) in [5, 5.41) is 8.80. The molecule has 1 aromatic carbocycles. The van der Waals surface area contributed by atoms with E-state index in [2.05, 4.69) is 16.0 Å². The van der Waals surface area contributed by atoms with Gasteiger partial charge in [-0.3, -0.25) is 4.79 Å². The Bertz CT molecular complexity index is 579. The Hall–Kier alpha value is -2.04. The molecular weight excluding hydrogens is 290 g/mol. The predicted octanol–water partition coefficient (Wildman–Crippen LogP) is 3.02. The molecule has 23 heavy (non-hydrogen) atoms. The van der Waals surface area contributed by atoms with Gasteiger partial charge in [0.05, 0.1) is 0 Å². The molecule has 5 heteroatoms. The molecule has 2 aliphatic carbocycles. The van der Waals surface area contributed by atoms with Gasteiger partial charge in [0.25, 0.3) is 0 Å². The van der Waals surface area contributed by atoms with Crippen molar-refractivity contribution in [3.8, 4) is 0 Å². The summed E-state index contributed by atoms with van der Waals surface area (Å²) in [5.41, 5.74) is 1.78. The van der Waals surface area contributed by atoms with Gasteiger partial charge in [0.1, 0.15) is 0 Å².